The van der Waals surface area contributed by atoms with E-state index in [0.29, 0.717) is 23.5 Å². The van der Waals surface area contributed by atoms with E-state index in [2.05, 4.69) is 5.32 Å². The van der Waals surface area contributed by atoms with Crippen LogP contribution in [-0.4, -0.2) is 24.4 Å². The van der Waals surface area contributed by atoms with Crippen molar-refractivity contribution in [1.29, 1.82) is 0 Å². The van der Waals surface area contributed by atoms with Gasteiger partial charge in [-0.25, -0.2) is 4.39 Å². The van der Waals surface area contributed by atoms with Crippen LogP contribution in [-0.2, 0) is 4.79 Å². The molecule has 2 aromatic rings. The molecular weight excluding hydrogens is 291 g/mol. The van der Waals surface area contributed by atoms with E-state index in [-0.39, 0.29) is 17.6 Å². The van der Waals surface area contributed by atoms with Gasteiger partial charge >= 0.3 is 0 Å². The Balaban J connectivity index is 1.69. The maximum absolute atomic E-state index is 12.9. The SMILES string of the molecule is O=C(N[C@H]1CCN(c2ccc(F)cc2)C1=O)c1cccs1. The maximum Gasteiger partial charge on any atom is 0.261 e. The summed E-state index contributed by atoms with van der Waals surface area (Å²) in [6, 6.07) is 8.76. The van der Waals surface area contributed by atoms with Gasteiger partial charge in [0.15, 0.2) is 0 Å². The second kappa shape index (κ2) is 5.65. The van der Waals surface area contributed by atoms with Gasteiger partial charge in [-0.1, -0.05) is 6.07 Å². The molecule has 0 aliphatic carbocycles. The molecule has 0 radical (unpaired) electrons. The van der Waals surface area contributed by atoms with Crippen molar-refractivity contribution in [2.45, 2.75) is 12.5 Å². The Hall–Kier alpha value is -2.21. The summed E-state index contributed by atoms with van der Waals surface area (Å²) in [7, 11) is 0. The number of carbonyl (C=O) groups excluding carboxylic acids is 2. The van der Waals surface area contributed by atoms with Gasteiger partial charge in [0.25, 0.3) is 5.91 Å². The number of rotatable bonds is 3. The first-order valence-corrected chi connectivity index (χ1v) is 7.44. The van der Waals surface area contributed by atoms with Gasteiger partial charge in [-0.3, -0.25) is 9.59 Å². The predicted octanol–water partition coefficient (Wildman–Crippen LogP) is 2.42. The molecule has 1 saturated heterocycles. The van der Waals surface area contributed by atoms with Gasteiger partial charge in [0, 0.05) is 12.2 Å². The van der Waals surface area contributed by atoms with E-state index in [1.807, 2.05) is 5.38 Å². The van der Waals surface area contributed by atoms with E-state index in [1.54, 1.807) is 29.2 Å². The van der Waals surface area contributed by atoms with Gasteiger partial charge in [-0.2, -0.15) is 0 Å². The van der Waals surface area contributed by atoms with E-state index >= 15 is 0 Å². The molecule has 1 fully saturated rings. The number of hydrogen-bond acceptors (Lipinski definition) is 3. The van der Waals surface area contributed by atoms with E-state index in [9.17, 15) is 14.0 Å². The second-order valence-corrected chi connectivity index (χ2v) is 5.71. The number of halogens is 1. The van der Waals surface area contributed by atoms with Crippen molar-refractivity contribution in [2.75, 3.05) is 11.4 Å². The minimum absolute atomic E-state index is 0.161. The summed E-state index contributed by atoms with van der Waals surface area (Å²) in [6.45, 7) is 0.514. The molecule has 1 N–H and O–H groups in total. The molecule has 108 valence electrons. The molecule has 0 saturated carbocycles. The van der Waals surface area contributed by atoms with Crippen LogP contribution in [0.5, 0.6) is 0 Å². The van der Waals surface area contributed by atoms with Crippen LogP contribution in [0.25, 0.3) is 0 Å². The molecule has 6 heteroatoms. The summed E-state index contributed by atoms with van der Waals surface area (Å²) >= 11 is 1.34. The fourth-order valence-electron chi connectivity index (χ4n) is 2.33. The first kappa shape index (κ1) is 13.8. The first-order chi connectivity index (χ1) is 10.1. The van der Waals surface area contributed by atoms with Crippen molar-refractivity contribution >= 4 is 28.8 Å². The zero-order valence-corrected chi connectivity index (χ0v) is 11.9. The number of nitrogens with one attached hydrogen (secondary N) is 1. The molecule has 3 rings (SSSR count). The third-order valence-corrected chi connectivity index (χ3v) is 4.26. The van der Waals surface area contributed by atoms with Crippen LogP contribution in [0.3, 0.4) is 0 Å². The normalized spacial score (nSPS) is 18.0. The van der Waals surface area contributed by atoms with Crippen molar-refractivity contribution in [3.05, 3.63) is 52.5 Å². The number of hydrogen-bond donors (Lipinski definition) is 1. The number of carbonyl (C=O) groups is 2. The highest BCUT2D eigenvalue weighted by Gasteiger charge is 2.33. The van der Waals surface area contributed by atoms with Crippen molar-refractivity contribution in [1.82, 2.24) is 5.32 Å². The molecule has 1 aromatic heterocycles. The Kier molecular flexibility index (Phi) is 3.70. The Labute approximate surface area is 125 Å². The quantitative estimate of drug-likeness (QED) is 0.947. The zero-order valence-electron chi connectivity index (χ0n) is 11.1. The van der Waals surface area contributed by atoms with Crippen molar-refractivity contribution in [3.8, 4) is 0 Å². The van der Waals surface area contributed by atoms with Gasteiger partial charge in [-0.15, -0.1) is 11.3 Å². The Morgan fingerprint density at radius 2 is 2.05 bits per heavy atom. The molecule has 21 heavy (non-hydrogen) atoms. The van der Waals surface area contributed by atoms with E-state index in [0.717, 1.165) is 0 Å². The predicted molar refractivity (Wildman–Crippen MR) is 78.9 cm³/mol. The largest absolute Gasteiger partial charge is 0.339 e. The smallest absolute Gasteiger partial charge is 0.261 e. The van der Waals surface area contributed by atoms with Gasteiger partial charge < -0.3 is 10.2 Å². The second-order valence-electron chi connectivity index (χ2n) is 4.76. The fourth-order valence-corrected chi connectivity index (χ4v) is 2.96. The van der Waals surface area contributed by atoms with Crippen LogP contribution < -0.4 is 10.2 Å². The number of amides is 2. The van der Waals surface area contributed by atoms with Crippen LogP contribution >= 0.6 is 11.3 Å². The molecule has 2 heterocycles. The highest BCUT2D eigenvalue weighted by molar-refractivity contribution is 7.12. The van der Waals surface area contributed by atoms with Crippen molar-refractivity contribution in [3.63, 3.8) is 0 Å². The number of anilines is 1. The highest BCUT2D eigenvalue weighted by Crippen LogP contribution is 2.22. The molecule has 2 amide bonds. The topological polar surface area (TPSA) is 49.4 Å². The zero-order chi connectivity index (χ0) is 14.8. The van der Waals surface area contributed by atoms with Gasteiger partial charge in [0.05, 0.1) is 4.88 Å². The molecule has 0 bridgehead atoms. The molecule has 1 aliphatic rings. The Morgan fingerprint density at radius 3 is 2.71 bits per heavy atom. The fraction of sp³-hybridized carbons (Fsp3) is 0.200. The minimum Gasteiger partial charge on any atom is -0.339 e. The summed E-state index contributed by atoms with van der Waals surface area (Å²) in [6.07, 6.45) is 0.549. The third-order valence-electron chi connectivity index (χ3n) is 3.39. The summed E-state index contributed by atoms with van der Waals surface area (Å²) < 4.78 is 12.9. The lowest BCUT2D eigenvalue weighted by molar-refractivity contribution is -0.118. The average molecular weight is 304 g/mol. The Morgan fingerprint density at radius 1 is 1.29 bits per heavy atom. The van der Waals surface area contributed by atoms with Crippen LogP contribution in [0, 0.1) is 5.82 Å². The number of nitrogens with zero attached hydrogens (tertiary/aromatic N) is 1. The summed E-state index contributed by atoms with van der Waals surface area (Å²) in [5, 5.41) is 4.56. The molecule has 4 nitrogen and oxygen atoms in total. The minimum atomic E-state index is -0.523. The average Bonchev–Trinajstić information content (AvgIpc) is 3.11. The summed E-state index contributed by atoms with van der Waals surface area (Å²) in [4.78, 5) is 26.4. The van der Waals surface area contributed by atoms with Crippen LogP contribution in [0.2, 0.25) is 0 Å². The first-order valence-electron chi connectivity index (χ1n) is 6.56. The van der Waals surface area contributed by atoms with Crippen LogP contribution in [0.1, 0.15) is 16.1 Å². The maximum atomic E-state index is 12.9. The van der Waals surface area contributed by atoms with Gasteiger partial charge in [0.2, 0.25) is 5.91 Å². The molecule has 0 unspecified atom stereocenters. The van der Waals surface area contributed by atoms with Crippen LogP contribution in [0.4, 0.5) is 10.1 Å². The summed E-state index contributed by atoms with van der Waals surface area (Å²) in [5.41, 5.74) is 0.647. The van der Waals surface area contributed by atoms with Gasteiger partial charge in [-0.05, 0) is 42.1 Å². The van der Waals surface area contributed by atoms with Crippen molar-refractivity contribution < 1.29 is 14.0 Å². The van der Waals surface area contributed by atoms with E-state index in [1.165, 1.54) is 23.5 Å². The van der Waals surface area contributed by atoms with Gasteiger partial charge in [0.1, 0.15) is 11.9 Å². The Bertz CT molecular complexity index is 655. The van der Waals surface area contributed by atoms with Crippen LogP contribution in [0.15, 0.2) is 41.8 Å². The third kappa shape index (κ3) is 2.80. The van der Waals surface area contributed by atoms with E-state index < -0.39 is 6.04 Å². The van der Waals surface area contributed by atoms with E-state index in [4.69, 9.17) is 0 Å². The molecule has 1 aliphatic heterocycles. The lowest BCUT2D eigenvalue weighted by atomic mass is 10.2. The highest BCUT2D eigenvalue weighted by atomic mass is 32.1. The number of thiophene rings is 1. The molecule has 1 atom stereocenters. The number of benzene rings is 1. The molecule has 0 spiro atoms. The van der Waals surface area contributed by atoms with Crippen molar-refractivity contribution in [2.24, 2.45) is 0 Å². The molecular formula is C15H13FN2O2S. The monoisotopic (exact) mass is 304 g/mol. The lowest BCUT2D eigenvalue weighted by Crippen LogP contribution is -2.41. The summed E-state index contributed by atoms with van der Waals surface area (Å²) in [5.74, 6) is -0.733. The lowest BCUT2D eigenvalue weighted by Gasteiger charge is -2.17. The molecule has 1 aromatic carbocycles. The standard InChI is InChI=1S/C15H13FN2O2S/c16-10-3-5-11(6-4-10)18-8-7-12(15(18)20)17-14(19)13-2-1-9-21-13/h1-6,9,12H,7-8H2,(H,17,19)/t12-/m0/s1.